The summed E-state index contributed by atoms with van der Waals surface area (Å²) in [6, 6.07) is 12.0. The van der Waals surface area contributed by atoms with E-state index in [9.17, 15) is 9.50 Å². The first-order chi connectivity index (χ1) is 13.1. The van der Waals surface area contributed by atoms with E-state index in [2.05, 4.69) is 5.32 Å². The Morgan fingerprint density at radius 3 is 2.48 bits per heavy atom. The lowest BCUT2D eigenvalue weighted by Crippen LogP contribution is -2.44. The largest absolute Gasteiger partial charge is 0.493 e. The molecule has 0 amide bonds. The molecular formula is C21H26FNO4. The molecule has 2 aromatic rings. The van der Waals surface area contributed by atoms with E-state index >= 15 is 0 Å². The fourth-order valence-corrected chi connectivity index (χ4v) is 3.05. The van der Waals surface area contributed by atoms with Gasteiger partial charge in [0, 0.05) is 39.1 Å². The van der Waals surface area contributed by atoms with E-state index in [4.69, 9.17) is 14.2 Å². The zero-order chi connectivity index (χ0) is 19.1. The van der Waals surface area contributed by atoms with Crippen LogP contribution < -0.4 is 14.8 Å². The summed E-state index contributed by atoms with van der Waals surface area (Å²) < 4.78 is 29.5. The first-order valence-electron chi connectivity index (χ1n) is 9.13. The molecule has 0 saturated carbocycles. The van der Waals surface area contributed by atoms with E-state index in [0.29, 0.717) is 57.3 Å². The maximum absolute atomic E-state index is 13.0. The molecule has 1 aliphatic heterocycles. The van der Waals surface area contributed by atoms with Crippen LogP contribution in [0.15, 0.2) is 42.5 Å². The van der Waals surface area contributed by atoms with Crippen LogP contribution >= 0.6 is 0 Å². The summed E-state index contributed by atoms with van der Waals surface area (Å²) in [5.41, 5.74) is 1.23. The summed E-state index contributed by atoms with van der Waals surface area (Å²) in [6.07, 6.45) is 1.30. The van der Waals surface area contributed by atoms with Gasteiger partial charge in [-0.1, -0.05) is 18.2 Å². The highest BCUT2D eigenvalue weighted by atomic mass is 19.1. The van der Waals surface area contributed by atoms with E-state index in [1.807, 2.05) is 18.2 Å². The summed E-state index contributed by atoms with van der Waals surface area (Å²) in [5.74, 6) is 1.01. The van der Waals surface area contributed by atoms with Crippen molar-refractivity contribution in [2.24, 2.45) is 0 Å². The Balaban J connectivity index is 1.54. The Hall–Kier alpha value is -2.15. The summed E-state index contributed by atoms with van der Waals surface area (Å²) in [7, 11) is 1.60. The highest BCUT2D eigenvalue weighted by Crippen LogP contribution is 2.29. The van der Waals surface area contributed by atoms with Crippen LogP contribution in [-0.2, 0) is 17.9 Å². The van der Waals surface area contributed by atoms with Crippen LogP contribution in [0.1, 0.15) is 24.0 Å². The lowest BCUT2D eigenvalue weighted by atomic mass is 9.94. The minimum Gasteiger partial charge on any atom is -0.493 e. The van der Waals surface area contributed by atoms with Gasteiger partial charge in [-0.15, -0.1) is 0 Å². The number of hydrogen-bond donors (Lipinski definition) is 2. The van der Waals surface area contributed by atoms with Gasteiger partial charge in [-0.3, -0.25) is 0 Å². The normalized spacial score (nSPS) is 16.1. The van der Waals surface area contributed by atoms with Gasteiger partial charge < -0.3 is 24.6 Å². The average molecular weight is 375 g/mol. The minimum atomic E-state index is -0.694. The van der Waals surface area contributed by atoms with Gasteiger partial charge in [-0.2, -0.15) is 0 Å². The second-order valence-electron chi connectivity index (χ2n) is 6.84. The Labute approximate surface area is 159 Å². The third-order valence-corrected chi connectivity index (χ3v) is 4.74. The second kappa shape index (κ2) is 9.17. The molecule has 0 bridgehead atoms. The number of nitrogens with one attached hydrogen (secondary N) is 1. The molecule has 1 fully saturated rings. The smallest absolute Gasteiger partial charge is 0.161 e. The summed E-state index contributed by atoms with van der Waals surface area (Å²) in [5, 5.41) is 13.8. The minimum absolute atomic E-state index is 0.265. The van der Waals surface area contributed by atoms with Gasteiger partial charge in [0.1, 0.15) is 12.4 Å². The van der Waals surface area contributed by atoms with Gasteiger partial charge in [0.2, 0.25) is 0 Å². The Kier molecular flexibility index (Phi) is 6.66. The van der Waals surface area contributed by atoms with Crippen molar-refractivity contribution in [3.8, 4) is 11.5 Å². The first-order valence-corrected chi connectivity index (χ1v) is 9.13. The molecule has 27 heavy (non-hydrogen) atoms. The summed E-state index contributed by atoms with van der Waals surface area (Å²) >= 11 is 0. The third-order valence-electron chi connectivity index (χ3n) is 4.74. The molecule has 5 nitrogen and oxygen atoms in total. The van der Waals surface area contributed by atoms with E-state index in [-0.39, 0.29) is 5.82 Å². The number of methoxy groups -OCH3 is 1. The molecule has 0 atom stereocenters. The fourth-order valence-electron chi connectivity index (χ4n) is 3.05. The molecule has 1 heterocycles. The van der Waals surface area contributed by atoms with Gasteiger partial charge in [0.15, 0.2) is 11.5 Å². The highest BCUT2D eigenvalue weighted by molar-refractivity contribution is 5.43. The predicted octanol–water partition coefficient (Wildman–Crippen LogP) is 3.04. The first kappa shape index (κ1) is 19.6. The number of ether oxygens (including phenoxy) is 3. The number of rotatable bonds is 8. The Morgan fingerprint density at radius 1 is 1.07 bits per heavy atom. The number of halogens is 1. The van der Waals surface area contributed by atoms with Gasteiger partial charge in [0.25, 0.3) is 0 Å². The molecular weight excluding hydrogens is 349 g/mol. The van der Waals surface area contributed by atoms with Crippen molar-refractivity contribution in [1.29, 1.82) is 0 Å². The average Bonchev–Trinajstić information content (AvgIpc) is 2.68. The SMILES string of the molecule is COc1cc(CNCC2(O)CCOCC2)ccc1OCc1ccc(F)cc1. The molecule has 0 radical (unpaired) electrons. The van der Waals surface area contributed by atoms with E-state index in [0.717, 1.165) is 11.1 Å². The van der Waals surface area contributed by atoms with Crippen LogP contribution in [0, 0.1) is 5.82 Å². The van der Waals surface area contributed by atoms with E-state index in [1.165, 1.54) is 12.1 Å². The van der Waals surface area contributed by atoms with Crippen LogP contribution in [0.25, 0.3) is 0 Å². The van der Waals surface area contributed by atoms with Crippen molar-refractivity contribution in [1.82, 2.24) is 5.32 Å². The quantitative estimate of drug-likeness (QED) is 0.743. The predicted molar refractivity (Wildman–Crippen MR) is 100 cm³/mol. The van der Waals surface area contributed by atoms with Crippen molar-refractivity contribution in [3.05, 3.63) is 59.4 Å². The lowest BCUT2D eigenvalue weighted by molar-refractivity contribution is -0.0617. The van der Waals surface area contributed by atoms with Crippen molar-refractivity contribution in [2.45, 2.75) is 31.6 Å². The Morgan fingerprint density at radius 2 is 1.78 bits per heavy atom. The van der Waals surface area contributed by atoms with Gasteiger partial charge in [-0.05, 0) is 35.4 Å². The van der Waals surface area contributed by atoms with Crippen LogP contribution in [0.3, 0.4) is 0 Å². The fraction of sp³-hybridized carbons (Fsp3) is 0.429. The van der Waals surface area contributed by atoms with Crippen LogP contribution in [0.5, 0.6) is 11.5 Å². The number of benzene rings is 2. The van der Waals surface area contributed by atoms with E-state index in [1.54, 1.807) is 19.2 Å². The number of hydrogen-bond acceptors (Lipinski definition) is 5. The monoisotopic (exact) mass is 375 g/mol. The van der Waals surface area contributed by atoms with Crippen LogP contribution in [0.2, 0.25) is 0 Å². The van der Waals surface area contributed by atoms with Crippen LogP contribution in [0.4, 0.5) is 4.39 Å². The zero-order valence-electron chi connectivity index (χ0n) is 15.5. The summed E-state index contributed by atoms with van der Waals surface area (Å²) in [4.78, 5) is 0. The third kappa shape index (κ3) is 5.66. The second-order valence-corrected chi connectivity index (χ2v) is 6.84. The van der Waals surface area contributed by atoms with Crippen molar-refractivity contribution in [2.75, 3.05) is 26.9 Å². The maximum atomic E-state index is 13.0. The Bertz CT molecular complexity index is 729. The topological polar surface area (TPSA) is 60.0 Å². The highest BCUT2D eigenvalue weighted by Gasteiger charge is 2.29. The molecule has 0 aromatic heterocycles. The van der Waals surface area contributed by atoms with Crippen molar-refractivity contribution in [3.63, 3.8) is 0 Å². The molecule has 0 spiro atoms. The lowest BCUT2D eigenvalue weighted by Gasteiger charge is -2.32. The molecule has 0 aliphatic carbocycles. The summed E-state index contributed by atoms with van der Waals surface area (Å²) in [6.45, 7) is 2.70. The molecule has 2 N–H and O–H groups in total. The van der Waals surface area contributed by atoms with Crippen molar-refractivity contribution < 1.29 is 23.7 Å². The molecule has 1 saturated heterocycles. The van der Waals surface area contributed by atoms with Gasteiger partial charge in [0.05, 0.1) is 12.7 Å². The van der Waals surface area contributed by atoms with Gasteiger partial charge in [-0.25, -0.2) is 4.39 Å². The van der Waals surface area contributed by atoms with E-state index < -0.39 is 5.60 Å². The molecule has 0 unspecified atom stereocenters. The molecule has 3 rings (SSSR count). The zero-order valence-corrected chi connectivity index (χ0v) is 15.5. The van der Waals surface area contributed by atoms with Crippen LogP contribution in [-0.4, -0.2) is 37.6 Å². The van der Waals surface area contributed by atoms with Gasteiger partial charge >= 0.3 is 0 Å². The number of aliphatic hydroxyl groups is 1. The van der Waals surface area contributed by atoms with Crippen molar-refractivity contribution >= 4 is 0 Å². The maximum Gasteiger partial charge on any atom is 0.161 e. The standard InChI is InChI=1S/C21H26FNO4/c1-25-20-12-17(13-23-15-21(24)8-10-26-11-9-21)4-7-19(20)27-14-16-2-5-18(22)6-3-16/h2-7,12,23-24H,8-11,13-15H2,1H3. The molecule has 6 heteroatoms. The molecule has 2 aromatic carbocycles. The molecule has 146 valence electrons. The molecule has 1 aliphatic rings.